The van der Waals surface area contributed by atoms with E-state index in [0.717, 1.165) is 25.0 Å². The van der Waals surface area contributed by atoms with Crippen molar-refractivity contribution in [3.05, 3.63) is 0 Å². The van der Waals surface area contributed by atoms with Gasteiger partial charge in [-0.15, -0.1) is 0 Å². The number of hydrogen-bond acceptors (Lipinski definition) is 4. The zero-order valence-corrected chi connectivity index (χ0v) is 13.0. The van der Waals surface area contributed by atoms with Crippen molar-refractivity contribution in [2.45, 2.75) is 46.1 Å². The minimum atomic E-state index is 0.224. The normalized spacial score (nSPS) is 23.7. The van der Waals surface area contributed by atoms with Gasteiger partial charge in [0.05, 0.1) is 12.1 Å². The second-order valence-electron chi connectivity index (χ2n) is 7.10. The highest BCUT2D eigenvalue weighted by atomic mass is 15.4. The van der Waals surface area contributed by atoms with Gasteiger partial charge in [-0.05, 0) is 24.7 Å². The lowest BCUT2D eigenvalue weighted by molar-refractivity contribution is 0.0738. The smallest absolute Gasteiger partial charge is 0.191 e. The number of nitrogens with two attached hydrogens (primary N) is 1. The van der Waals surface area contributed by atoms with Gasteiger partial charge in [0.2, 0.25) is 0 Å². The fourth-order valence-corrected chi connectivity index (χ4v) is 3.39. The van der Waals surface area contributed by atoms with Crippen LogP contribution in [-0.2, 0) is 0 Å². The second kappa shape index (κ2) is 5.70. The van der Waals surface area contributed by atoms with E-state index in [4.69, 9.17) is 5.73 Å². The van der Waals surface area contributed by atoms with Crippen molar-refractivity contribution in [1.29, 1.82) is 0 Å². The number of rotatable bonds is 4. The molecule has 0 aromatic carbocycles. The molecule has 2 aliphatic rings. The lowest BCUT2D eigenvalue weighted by Gasteiger charge is -2.46. The number of piperidine rings is 1. The molecule has 4 heteroatoms. The first kappa shape index (κ1) is 14.6. The molecule has 0 aromatic heterocycles. The Bertz CT molecular complexity index is 327. The largest absolute Gasteiger partial charge is 0.370 e. The molecule has 0 aliphatic carbocycles. The first-order valence-corrected chi connectivity index (χ1v) is 7.73. The molecule has 0 radical (unpaired) electrons. The van der Waals surface area contributed by atoms with Crippen LogP contribution in [0.4, 0.5) is 0 Å². The van der Waals surface area contributed by atoms with Gasteiger partial charge in [0, 0.05) is 26.2 Å². The number of likely N-dealkylation sites (tertiary alicyclic amines) is 1. The van der Waals surface area contributed by atoms with E-state index in [1.54, 1.807) is 0 Å². The summed E-state index contributed by atoms with van der Waals surface area (Å²) in [7, 11) is 0. The van der Waals surface area contributed by atoms with Gasteiger partial charge in [-0.1, -0.05) is 27.7 Å². The molecular weight excluding hydrogens is 236 g/mol. The van der Waals surface area contributed by atoms with E-state index in [1.807, 2.05) is 0 Å². The van der Waals surface area contributed by atoms with E-state index in [-0.39, 0.29) is 5.54 Å². The number of hydrogen-bond donors (Lipinski definition) is 1. The highest BCUT2D eigenvalue weighted by Crippen LogP contribution is 2.33. The van der Waals surface area contributed by atoms with Gasteiger partial charge in [-0.3, -0.25) is 4.99 Å². The van der Waals surface area contributed by atoms with Gasteiger partial charge in [-0.25, -0.2) is 0 Å². The average Bonchev–Trinajstić information content (AvgIpc) is 2.61. The summed E-state index contributed by atoms with van der Waals surface area (Å²) >= 11 is 0. The predicted molar refractivity (Wildman–Crippen MR) is 81.3 cm³/mol. The second-order valence-corrected chi connectivity index (χ2v) is 7.10. The van der Waals surface area contributed by atoms with Crippen LogP contribution >= 0.6 is 0 Å². The van der Waals surface area contributed by atoms with Crippen LogP contribution in [0.15, 0.2) is 4.99 Å². The molecule has 2 heterocycles. The summed E-state index contributed by atoms with van der Waals surface area (Å²) in [6, 6.07) is 0. The zero-order chi connectivity index (χ0) is 14.0. The zero-order valence-electron chi connectivity index (χ0n) is 13.0. The van der Waals surface area contributed by atoms with Gasteiger partial charge in [0.1, 0.15) is 0 Å². The Labute approximate surface area is 118 Å². The molecule has 2 rings (SSSR count). The maximum Gasteiger partial charge on any atom is 0.191 e. The lowest BCUT2D eigenvalue weighted by Crippen LogP contribution is -2.58. The molecule has 1 fully saturated rings. The summed E-state index contributed by atoms with van der Waals surface area (Å²) < 4.78 is 0. The molecule has 0 bridgehead atoms. The standard InChI is InChI=1S/C15H30N4/c1-12(2)9-18-7-5-15(6-8-18)11-17-14(16)19(15)10-13(3)4/h12-13H,5-11H2,1-4H3,(H2,16,17). The molecular formula is C15H30N4. The lowest BCUT2D eigenvalue weighted by atomic mass is 9.85. The maximum absolute atomic E-state index is 6.11. The van der Waals surface area contributed by atoms with Crippen molar-refractivity contribution in [3.8, 4) is 0 Å². The Hall–Kier alpha value is -0.770. The molecule has 1 spiro atoms. The predicted octanol–water partition coefficient (Wildman–Crippen LogP) is 1.76. The molecule has 0 unspecified atom stereocenters. The molecule has 4 nitrogen and oxygen atoms in total. The van der Waals surface area contributed by atoms with E-state index in [2.05, 4.69) is 42.5 Å². The Balaban J connectivity index is 1.97. The molecule has 0 saturated carbocycles. The first-order chi connectivity index (χ1) is 8.93. The Morgan fingerprint density at radius 3 is 2.21 bits per heavy atom. The Morgan fingerprint density at radius 2 is 1.68 bits per heavy atom. The van der Waals surface area contributed by atoms with Crippen LogP contribution in [0.25, 0.3) is 0 Å². The minimum absolute atomic E-state index is 0.224. The van der Waals surface area contributed by atoms with Gasteiger partial charge >= 0.3 is 0 Å². The monoisotopic (exact) mass is 266 g/mol. The summed E-state index contributed by atoms with van der Waals surface area (Å²) in [6.07, 6.45) is 2.41. The third-order valence-corrected chi connectivity index (χ3v) is 4.34. The Morgan fingerprint density at radius 1 is 1.11 bits per heavy atom. The summed E-state index contributed by atoms with van der Waals surface area (Å²) in [4.78, 5) is 9.52. The first-order valence-electron chi connectivity index (χ1n) is 7.73. The molecule has 0 aromatic rings. The van der Waals surface area contributed by atoms with Crippen LogP contribution in [0.3, 0.4) is 0 Å². The van der Waals surface area contributed by atoms with E-state index >= 15 is 0 Å². The SMILES string of the molecule is CC(C)CN1CCC2(CC1)CN=C(N)N2CC(C)C. The van der Waals surface area contributed by atoms with E-state index in [0.29, 0.717) is 5.92 Å². The summed E-state index contributed by atoms with van der Waals surface area (Å²) in [5.41, 5.74) is 6.33. The number of nitrogens with zero attached hydrogens (tertiary/aromatic N) is 3. The number of aliphatic imine (C=N–C) groups is 1. The van der Waals surface area contributed by atoms with E-state index < -0.39 is 0 Å². The summed E-state index contributed by atoms with van der Waals surface area (Å²) in [6.45, 7) is 14.7. The van der Waals surface area contributed by atoms with Crippen molar-refractivity contribution in [2.24, 2.45) is 22.6 Å². The van der Waals surface area contributed by atoms with E-state index in [9.17, 15) is 0 Å². The molecule has 0 amide bonds. The molecule has 2 aliphatic heterocycles. The molecule has 0 atom stereocenters. The fourth-order valence-electron chi connectivity index (χ4n) is 3.39. The van der Waals surface area contributed by atoms with Crippen LogP contribution in [0.2, 0.25) is 0 Å². The van der Waals surface area contributed by atoms with Gasteiger partial charge in [0.15, 0.2) is 5.96 Å². The summed E-state index contributed by atoms with van der Waals surface area (Å²) in [5, 5.41) is 0. The highest BCUT2D eigenvalue weighted by molar-refractivity contribution is 5.81. The van der Waals surface area contributed by atoms with E-state index in [1.165, 1.54) is 32.5 Å². The van der Waals surface area contributed by atoms with Gasteiger partial charge in [0.25, 0.3) is 0 Å². The van der Waals surface area contributed by atoms with Gasteiger partial charge < -0.3 is 15.5 Å². The third kappa shape index (κ3) is 3.22. The highest BCUT2D eigenvalue weighted by Gasteiger charge is 2.44. The van der Waals surface area contributed by atoms with Crippen molar-refractivity contribution >= 4 is 5.96 Å². The fraction of sp³-hybridized carbons (Fsp3) is 0.933. The van der Waals surface area contributed by atoms with Gasteiger partial charge in [-0.2, -0.15) is 0 Å². The third-order valence-electron chi connectivity index (χ3n) is 4.34. The van der Waals surface area contributed by atoms with Crippen molar-refractivity contribution in [3.63, 3.8) is 0 Å². The topological polar surface area (TPSA) is 44.9 Å². The molecule has 19 heavy (non-hydrogen) atoms. The van der Waals surface area contributed by atoms with Crippen LogP contribution in [0.1, 0.15) is 40.5 Å². The maximum atomic E-state index is 6.11. The minimum Gasteiger partial charge on any atom is -0.370 e. The Kier molecular flexibility index (Phi) is 4.39. The van der Waals surface area contributed by atoms with Crippen LogP contribution in [-0.4, -0.2) is 54.0 Å². The summed E-state index contributed by atoms with van der Waals surface area (Å²) in [5.74, 6) is 2.16. The average molecular weight is 266 g/mol. The van der Waals surface area contributed by atoms with Crippen LogP contribution in [0, 0.1) is 11.8 Å². The van der Waals surface area contributed by atoms with Crippen molar-refractivity contribution in [2.75, 3.05) is 32.7 Å². The number of guanidine groups is 1. The van der Waals surface area contributed by atoms with Crippen LogP contribution < -0.4 is 5.73 Å². The quantitative estimate of drug-likeness (QED) is 0.843. The van der Waals surface area contributed by atoms with Crippen molar-refractivity contribution < 1.29 is 0 Å². The molecule has 110 valence electrons. The molecule has 1 saturated heterocycles. The van der Waals surface area contributed by atoms with Crippen LogP contribution in [0.5, 0.6) is 0 Å². The van der Waals surface area contributed by atoms with Crippen molar-refractivity contribution in [1.82, 2.24) is 9.80 Å². The molecule has 2 N–H and O–H groups in total.